The second-order valence-electron chi connectivity index (χ2n) is 4.97. The van der Waals surface area contributed by atoms with Crippen molar-refractivity contribution in [2.45, 2.75) is 19.3 Å². The summed E-state index contributed by atoms with van der Waals surface area (Å²) in [4.78, 5) is 18.7. The fourth-order valence-electron chi connectivity index (χ4n) is 1.92. The van der Waals surface area contributed by atoms with E-state index in [1.54, 1.807) is 18.2 Å². The van der Waals surface area contributed by atoms with Crippen molar-refractivity contribution in [1.82, 2.24) is 15.6 Å². The number of nitrogens with zero attached hydrogens (tertiary/aromatic N) is 2. The molecule has 1 aromatic heterocycles. The minimum absolute atomic E-state index is 0.113. The number of aliphatic imine (C=N–C) groups is 1. The van der Waals surface area contributed by atoms with Gasteiger partial charge < -0.3 is 16.4 Å². The Kier molecular flexibility index (Phi) is 5.97. The van der Waals surface area contributed by atoms with Crippen molar-refractivity contribution in [3.05, 3.63) is 51.5 Å². The highest BCUT2D eigenvalue weighted by molar-refractivity contribution is 7.09. The molecular weight excluding hydrogens is 355 g/mol. The second-order valence-corrected chi connectivity index (χ2v) is 5.91. The smallest absolute Gasteiger partial charge is 0.366 e. The van der Waals surface area contributed by atoms with Gasteiger partial charge >= 0.3 is 6.18 Å². The van der Waals surface area contributed by atoms with Crippen molar-refractivity contribution >= 4 is 23.2 Å². The van der Waals surface area contributed by atoms with Crippen molar-refractivity contribution in [3.8, 4) is 0 Å². The fraction of sp³-hybridized carbons (Fsp3) is 0.267. The Morgan fingerprint density at radius 3 is 2.64 bits per heavy atom. The molecule has 25 heavy (non-hydrogen) atoms. The molecule has 1 heterocycles. The maximum Gasteiger partial charge on any atom is 0.434 e. The Hall–Kier alpha value is -2.62. The summed E-state index contributed by atoms with van der Waals surface area (Å²) in [7, 11) is 1.54. The van der Waals surface area contributed by atoms with E-state index >= 15 is 0 Å². The minimum Gasteiger partial charge on any atom is -0.366 e. The third-order valence-corrected chi connectivity index (χ3v) is 3.99. The number of aromatic nitrogens is 1. The molecule has 0 unspecified atom stereocenters. The fourth-order valence-corrected chi connectivity index (χ4v) is 2.66. The number of rotatable bonds is 5. The molecule has 0 saturated heterocycles. The SMILES string of the molecule is CN=C(NCc1cccc(C(N)=O)c1)NCc1nc(C(F)(F)F)cs1. The quantitative estimate of drug-likeness (QED) is 0.555. The highest BCUT2D eigenvalue weighted by Crippen LogP contribution is 2.29. The van der Waals surface area contributed by atoms with E-state index in [0.717, 1.165) is 22.3 Å². The number of carbonyl (C=O) groups is 1. The minimum atomic E-state index is -4.44. The van der Waals surface area contributed by atoms with E-state index in [1.807, 2.05) is 6.07 Å². The topological polar surface area (TPSA) is 92.4 Å². The molecule has 0 spiro atoms. The molecule has 0 saturated carbocycles. The van der Waals surface area contributed by atoms with Crippen LogP contribution in [0, 0.1) is 0 Å². The Morgan fingerprint density at radius 2 is 2.04 bits per heavy atom. The lowest BCUT2D eigenvalue weighted by Crippen LogP contribution is -2.36. The number of carbonyl (C=O) groups excluding carboxylic acids is 1. The number of hydrogen-bond donors (Lipinski definition) is 3. The number of guanidine groups is 1. The standard InChI is InChI=1S/C15H16F3N5OS/c1-20-14(21-6-9-3-2-4-10(5-9)13(19)24)22-7-12-23-11(8-25-12)15(16,17)18/h2-5,8H,6-7H2,1H3,(H2,19,24)(H2,20,21,22). The van der Waals surface area contributed by atoms with Crippen LogP contribution in [0.25, 0.3) is 0 Å². The van der Waals surface area contributed by atoms with Crippen LogP contribution in [0.15, 0.2) is 34.6 Å². The molecule has 0 radical (unpaired) electrons. The summed E-state index contributed by atoms with van der Waals surface area (Å²) in [5, 5.41) is 7.16. The van der Waals surface area contributed by atoms with Gasteiger partial charge in [-0.3, -0.25) is 9.79 Å². The molecule has 0 bridgehead atoms. The number of hydrogen-bond acceptors (Lipinski definition) is 4. The van der Waals surface area contributed by atoms with Crippen LogP contribution in [-0.2, 0) is 19.3 Å². The first-order valence-electron chi connectivity index (χ1n) is 7.14. The third kappa shape index (κ3) is 5.45. The highest BCUT2D eigenvalue weighted by atomic mass is 32.1. The van der Waals surface area contributed by atoms with Crippen LogP contribution < -0.4 is 16.4 Å². The van der Waals surface area contributed by atoms with E-state index in [4.69, 9.17) is 5.73 Å². The first-order valence-corrected chi connectivity index (χ1v) is 8.02. The third-order valence-electron chi connectivity index (χ3n) is 3.14. The van der Waals surface area contributed by atoms with Crippen LogP contribution in [0.5, 0.6) is 0 Å². The number of amides is 1. The molecule has 0 atom stereocenters. The van der Waals surface area contributed by atoms with Crippen molar-refractivity contribution in [2.75, 3.05) is 7.05 Å². The van der Waals surface area contributed by atoms with Crippen molar-refractivity contribution in [1.29, 1.82) is 0 Å². The summed E-state index contributed by atoms with van der Waals surface area (Å²) in [6.45, 7) is 0.480. The Balaban J connectivity index is 1.90. The summed E-state index contributed by atoms with van der Waals surface area (Å²) in [6.07, 6.45) is -4.44. The van der Waals surface area contributed by atoms with E-state index in [-0.39, 0.29) is 6.54 Å². The van der Waals surface area contributed by atoms with Gasteiger partial charge in [-0.1, -0.05) is 12.1 Å². The van der Waals surface area contributed by atoms with Gasteiger partial charge in [-0.15, -0.1) is 11.3 Å². The maximum atomic E-state index is 12.5. The zero-order valence-electron chi connectivity index (χ0n) is 13.2. The van der Waals surface area contributed by atoms with Gasteiger partial charge in [0.05, 0.1) is 6.54 Å². The summed E-state index contributed by atoms with van der Waals surface area (Å²) in [5.41, 5.74) is 5.53. The van der Waals surface area contributed by atoms with Crippen molar-refractivity contribution < 1.29 is 18.0 Å². The summed E-state index contributed by atoms with van der Waals surface area (Å²) < 4.78 is 37.6. The maximum absolute atomic E-state index is 12.5. The Bertz CT molecular complexity index is 773. The average molecular weight is 371 g/mol. The molecule has 0 aliphatic carbocycles. The first-order chi connectivity index (χ1) is 11.8. The zero-order chi connectivity index (χ0) is 18.4. The number of alkyl halides is 3. The van der Waals surface area contributed by atoms with E-state index in [1.165, 1.54) is 7.05 Å². The van der Waals surface area contributed by atoms with Gasteiger partial charge in [-0.05, 0) is 17.7 Å². The summed E-state index contributed by atoms with van der Waals surface area (Å²) in [6, 6.07) is 6.78. The average Bonchev–Trinajstić information content (AvgIpc) is 3.04. The lowest BCUT2D eigenvalue weighted by Gasteiger charge is -2.11. The number of nitrogens with one attached hydrogen (secondary N) is 2. The molecule has 10 heteroatoms. The van der Waals surface area contributed by atoms with E-state index in [2.05, 4.69) is 20.6 Å². The van der Waals surface area contributed by atoms with Gasteiger partial charge in [-0.2, -0.15) is 13.2 Å². The summed E-state index contributed by atoms with van der Waals surface area (Å²) in [5.74, 6) is -0.123. The van der Waals surface area contributed by atoms with Crippen LogP contribution in [0.1, 0.15) is 26.6 Å². The zero-order valence-corrected chi connectivity index (χ0v) is 14.0. The molecule has 0 fully saturated rings. The number of thiazole rings is 1. The number of halogens is 3. The van der Waals surface area contributed by atoms with Gasteiger partial charge in [0, 0.05) is 24.5 Å². The van der Waals surface area contributed by atoms with Gasteiger partial charge in [0.1, 0.15) is 5.01 Å². The Morgan fingerprint density at radius 1 is 1.32 bits per heavy atom. The van der Waals surface area contributed by atoms with Crippen LogP contribution in [-0.4, -0.2) is 23.9 Å². The van der Waals surface area contributed by atoms with Crippen LogP contribution >= 0.6 is 11.3 Å². The Labute approximate surface area is 146 Å². The summed E-state index contributed by atoms with van der Waals surface area (Å²) >= 11 is 0.921. The van der Waals surface area contributed by atoms with Crippen LogP contribution in [0.2, 0.25) is 0 Å². The predicted molar refractivity (Wildman–Crippen MR) is 89.1 cm³/mol. The molecule has 134 valence electrons. The monoisotopic (exact) mass is 371 g/mol. The van der Waals surface area contributed by atoms with Gasteiger partial charge in [0.25, 0.3) is 0 Å². The molecule has 2 rings (SSSR count). The lowest BCUT2D eigenvalue weighted by molar-refractivity contribution is -0.140. The molecule has 0 aliphatic rings. The molecule has 6 nitrogen and oxygen atoms in total. The van der Waals surface area contributed by atoms with Crippen molar-refractivity contribution in [3.63, 3.8) is 0 Å². The molecule has 1 aromatic carbocycles. The van der Waals surface area contributed by atoms with Crippen molar-refractivity contribution in [2.24, 2.45) is 10.7 Å². The second kappa shape index (κ2) is 7.97. The number of benzene rings is 1. The van der Waals surface area contributed by atoms with E-state index in [9.17, 15) is 18.0 Å². The van der Waals surface area contributed by atoms with Crippen LogP contribution in [0.4, 0.5) is 13.2 Å². The predicted octanol–water partition coefficient (Wildman–Crippen LogP) is 2.13. The largest absolute Gasteiger partial charge is 0.434 e. The number of primary amides is 1. The molecule has 2 aromatic rings. The normalized spacial score (nSPS) is 12.1. The van der Waals surface area contributed by atoms with Gasteiger partial charge in [0.15, 0.2) is 11.7 Å². The molecule has 4 N–H and O–H groups in total. The molecular formula is C15H16F3N5OS. The van der Waals surface area contributed by atoms with Crippen LogP contribution in [0.3, 0.4) is 0 Å². The first kappa shape index (κ1) is 18.7. The lowest BCUT2D eigenvalue weighted by atomic mass is 10.1. The van der Waals surface area contributed by atoms with E-state index < -0.39 is 17.8 Å². The number of nitrogens with two attached hydrogens (primary N) is 1. The van der Waals surface area contributed by atoms with E-state index in [0.29, 0.717) is 23.1 Å². The van der Waals surface area contributed by atoms with Gasteiger partial charge in [0.2, 0.25) is 5.91 Å². The van der Waals surface area contributed by atoms with Gasteiger partial charge in [-0.25, -0.2) is 4.98 Å². The molecule has 0 aliphatic heterocycles. The molecule has 1 amide bonds. The highest BCUT2D eigenvalue weighted by Gasteiger charge is 2.33.